The number of thiophene rings is 1. The van der Waals surface area contributed by atoms with Crippen LogP contribution in [0.25, 0.3) is 11.3 Å². The summed E-state index contributed by atoms with van der Waals surface area (Å²) in [4.78, 5) is 15.3. The van der Waals surface area contributed by atoms with Crippen LogP contribution in [-0.4, -0.2) is 34.6 Å². The van der Waals surface area contributed by atoms with Crippen LogP contribution in [-0.2, 0) is 16.4 Å². The second kappa shape index (κ2) is 8.52. The Hall–Kier alpha value is -2.17. The number of halogens is 1. The molecule has 1 atom stereocenters. The molecule has 0 saturated heterocycles. The van der Waals surface area contributed by atoms with E-state index in [1.54, 1.807) is 18.3 Å². The van der Waals surface area contributed by atoms with Gasteiger partial charge in [0.05, 0.1) is 5.69 Å². The summed E-state index contributed by atoms with van der Waals surface area (Å²) in [7, 11) is -3.88. The third kappa shape index (κ3) is 4.76. The number of pyridine rings is 1. The van der Waals surface area contributed by atoms with E-state index in [-0.39, 0.29) is 10.3 Å². The first-order chi connectivity index (χ1) is 14.0. The summed E-state index contributed by atoms with van der Waals surface area (Å²) in [5.41, 5.74) is 1.61. The predicted octanol–water partition coefficient (Wildman–Crippen LogP) is 4.84. The summed E-state index contributed by atoms with van der Waals surface area (Å²) in [5, 5.41) is 15.5. The Balaban J connectivity index is 2.12. The summed E-state index contributed by atoms with van der Waals surface area (Å²) in [5.74, 6) is 0. The molecule has 0 bridgehead atoms. The van der Waals surface area contributed by atoms with Crippen molar-refractivity contribution in [2.45, 2.75) is 38.1 Å². The van der Waals surface area contributed by atoms with Crippen molar-refractivity contribution in [1.29, 1.82) is 0 Å². The molecule has 10 heteroatoms. The molecule has 1 unspecified atom stereocenters. The number of rotatable bonds is 6. The quantitative estimate of drug-likeness (QED) is 0.493. The molecule has 160 valence electrons. The molecule has 0 radical (unpaired) electrons. The standard InChI is InChI=1S/C20H22BrN3O4S2/c1-20(2,3)18(23-19(25)26)8-13-7-17(15-11-29-12-16(15)21)24(10-13)30(27,28)14-5-4-6-22-9-14/h4-7,9-12,18,23H,8H2,1-3H3,(H,25,26). The van der Waals surface area contributed by atoms with E-state index in [4.69, 9.17) is 0 Å². The lowest BCUT2D eigenvalue weighted by Gasteiger charge is -2.30. The number of amides is 1. The van der Waals surface area contributed by atoms with Crippen LogP contribution < -0.4 is 5.32 Å². The van der Waals surface area contributed by atoms with Crippen LogP contribution in [0.5, 0.6) is 0 Å². The fourth-order valence-corrected chi connectivity index (χ4v) is 5.89. The number of hydrogen-bond acceptors (Lipinski definition) is 5. The molecule has 0 fully saturated rings. The van der Waals surface area contributed by atoms with Gasteiger partial charge in [0.1, 0.15) is 4.90 Å². The van der Waals surface area contributed by atoms with E-state index in [1.807, 2.05) is 31.5 Å². The maximum Gasteiger partial charge on any atom is 0.404 e. The Labute approximate surface area is 188 Å². The first-order valence-corrected chi connectivity index (χ1v) is 12.3. The van der Waals surface area contributed by atoms with Crippen molar-refractivity contribution in [3.63, 3.8) is 0 Å². The van der Waals surface area contributed by atoms with E-state index in [0.29, 0.717) is 17.7 Å². The van der Waals surface area contributed by atoms with Gasteiger partial charge in [-0.15, -0.1) is 0 Å². The van der Waals surface area contributed by atoms with Gasteiger partial charge in [0, 0.05) is 45.4 Å². The van der Waals surface area contributed by atoms with Crippen molar-refractivity contribution in [3.8, 4) is 11.3 Å². The molecule has 0 aliphatic heterocycles. The fourth-order valence-electron chi connectivity index (χ4n) is 3.04. The molecule has 3 heterocycles. The minimum absolute atomic E-state index is 0.0794. The highest BCUT2D eigenvalue weighted by atomic mass is 79.9. The lowest BCUT2D eigenvalue weighted by atomic mass is 9.83. The minimum atomic E-state index is -3.88. The predicted molar refractivity (Wildman–Crippen MR) is 120 cm³/mol. The van der Waals surface area contributed by atoms with E-state index in [1.165, 1.54) is 33.8 Å². The van der Waals surface area contributed by atoms with Gasteiger partial charge in [0.25, 0.3) is 10.0 Å². The van der Waals surface area contributed by atoms with E-state index in [2.05, 4.69) is 26.2 Å². The van der Waals surface area contributed by atoms with Gasteiger partial charge >= 0.3 is 6.09 Å². The van der Waals surface area contributed by atoms with E-state index >= 15 is 0 Å². The Kier molecular flexibility index (Phi) is 6.40. The van der Waals surface area contributed by atoms with Crippen LogP contribution in [0.15, 0.2) is 56.9 Å². The fraction of sp³-hybridized carbons (Fsp3) is 0.300. The van der Waals surface area contributed by atoms with Gasteiger partial charge in [-0.1, -0.05) is 20.8 Å². The zero-order valence-electron chi connectivity index (χ0n) is 16.7. The van der Waals surface area contributed by atoms with Crippen LogP contribution >= 0.6 is 27.3 Å². The largest absolute Gasteiger partial charge is 0.465 e. The highest BCUT2D eigenvalue weighted by Crippen LogP contribution is 2.35. The second-order valence-corrected chi connectivity index (χ2v) is 11.3. The molecule has 1 amide bonds. The lowest BCUT2D eigenvalue weighted by molar-refractivity contribution is 0.174. The molecule has 3 aromatic heterocycles. The molecule has 30 heavy (non-hydrogen) atoms. The molecule has 7 nitrogen and oxygen atoms in total. The second-order valence-electron chi connectivity index (χ2n) is 7.93. The van der Waals surface area contributed by atoms with Gasteiger partial charge in [-0.05, 0) is 51.5 Å². The molecular formula is C20H22BrN3O4S2. The Morgan fingerprint density at radius 3 is 2.63 bits per heavy atom. The summed E-state index contributed by atoms with van der Waals surface area (Å²) < 4.78 is 28.7. The van der Waals surface area contributed by atoms with Crippen LogP contribution in [0, 0.1) is 5.41 Å². The summed E-state index contributed by atoms with van der Waals surface area (Å²) in [6, 6.07) is 4.47. The minimum Gasteiger partial charge on any atom is -0.465 e. The summed E-state index contributed by atoms with van der Waals surface area (Å²) >= 11 is 4.94. The lowest BCUT2D eigenvalue weighted by Crippen LogP contribution is -2.44. The monoisotopic (exact) mass is 511 g/mol. The molecule has 0 aliphatic rings. The maximum atomic E-state index is 13.3. The third-order valence-electron chi connectivity index (χ3n) is 4.71. The number of carbonyl (C=O) groups is 1. The molecule has 0 aromatic carbocycles. The number of nitrogens with one attached hydrogen (secondary N) is 1. The van der Waals surface area contributed by atoms with Gasteiger partial charge < -0.3 is 10.4 Å². The zero-order chi connectivity index (χ0) is 22.1. The Morgan fingerprint density at radius 2 is 2.10 bits per heavy atom. The molecule has 0 aliphatic carbocycles. The first-order valence-electron chi connectivity index (χ1n) is 9.08. The van der Waals surface area contributed by atoms with Crippen LogP contribution in [0.4, 0.5) is 4.79 Å². The van der Waals surface area contributed by atoms with Gasteiger partial charge in [0.2, 0.25) is 0 Å². The van der Waals surface area contributed by atoms with Gasteiger partial charge in [-0.25, -0.2) is 17.2 Å². The summed E-state index contributed by atoms with van der Waals surface area (Å²) in [6.45, 7) is 5.81. The van der Waals surface area contributed by atoms with Crippen molar-refractivity contribution in [2.75, 3.05) is 0 Å². The number of hydrogen-bond donors (Lipinski definition) is 2. The van der Waals surface area contributed by atoms with Gasteiger partial charge in [-0.2, -0.15) is 11.3 Å². The maximum absolute atomic E-state index is 13.3. The van der Waals surface area contributed by atoms with Crippen LogP contribution in [0.2, 0.25) is 0 Å². The molecule has 3 rings (SSSR count). The van der Waals surface area contributed by atoms with Crippen molar-refractivity contribution in [2.24, 2.45) is 5.41 Å². The van der Waals surface area contributed by atoms with E-state index in [9.17, 15) is 18.3 Å². The summed E-state index contributed by atoms with van der Waals surface area (Å²) in [6.07, 6.45) is 3.62. The van der Waals surface area contributed by atoms with Crippen molar-refractivity contribution < 1.29 is 18.3 Å². The highest BCUT2D eigenvalue weighted by Gasteiger charge is 2.29. The average molecular weight is 512 g/mol. The average Bonchev–Trinajstić information content (AvgIpc) is 3.27. The molecule has 0 saturated carbocycles. The number of aromatic nitrogens is 2. The normalized spacial score (nSPS) is 13.2. The third-order valence-corrected chi connectivity index (χ3v) is 8.07. The van der Waals surface area contributed by atoms with E-state index < -0.39 is 22.2 Å². The Bertz CT molecular complexity index is 1150. The van der Waals surface area contributed by atoms with Crippen LogP contribution in [0.1, 0.15) is 26.3 Å². The molecule has 3 aromatic rings. The molecular weight excluding hydrogens is 490 g/mol. The van der Waals surface area contributed by atoms with Gasteiger partial charge in [-0.3, -0.25) is 4.98 Å². The molecule has 2 N–H and O–H groups in total. The Morgan fingerprint density at radius 1 is 1.37 bits per heavy atom. The number of nitrogens with zero attached hydrogens (tertiary/aromatic N) is 2. The van der Waals surface area contributed by atoms with E-state index in [0.717, 1.165) is 10.0 Å². The van der Waals surface area contributed by atoms with Gasteiger partial charge in [0.15, 0.2) is 0 Å². The van der Waals surface area contributed by atoms with Crippen molar-refractivity contribution in [1.82, 2.24) is 14.3 Å². The molecule has 0 spiro atoms. The first kappa shape index (κ1) is 22.5. The van der Waals surface area contributed by atoms with Crippen molar-refractivity contribution in [3.05, 3.63) is 57.6 Å². The van der Waals surface area contributed by atoms with Crippen molar-refractivity contribution >= 4 is 43.4 Å². The topological polar surface area (TPSA) is 101 Å². The van der Waals surface area contributed by atoms with Crippen LogP contribution in [0.3, 0.4) is 0 Å². The smallest absolute Gasteiger partial charge is 0.404 e. The number of carboxylic acid groups (broad SMARTS) is 1. The zero-order valence-corrected chi connectivity index (χ0v) is 19.9. The highest BCUT2D eigenvalue weighted by molar-refractivity contribution is 9.10. The SMILES string of the molecule is CC(C)(C)C(Cc1cc(-c2cscc2Br)n(S(=O)(=O)c2cccnc2)c1)NC(=O)O.